The molecule has 2 N–H and O–H groups in total. The lowest BCUT2D eigenvalue weighted by Crippen LogP contribution is -2.54. The monoisotopic (exact) mass is 290 g/mol. The van der Waals surface area contributed by atoms with Crippen LogP contribution in [0, 0.1) is 6.92 Å². The summed E-state index contributed by atoms with van der Waals surface area (Å²) in [5.41, 5.74) is 1.86. The van der Waals surface area contributed by atoms with Crippen LogP contribution in [0.3, 0.4) is 0 Å². The minimum absolute atomic E-state index is 0.0401. The molecule has 1 saturated heterocycles. The van der Waals surface area contributed by atoms with E-state index in [1.165, 1.54) is 5.56 Å². The second-order valence-electron chi connectivity index (χ2n) is 6.45. The number of aliphatic hydroxyl groups excluding tert-OH is 1. The van der Waals surface area contributed by atoms with Gasteiger partial charge >= 0.3 is 6.03 Å². The Morgan fingerprint density at radius 3 is 2.62 bits per heavy atom. The van der Waals surface area contributed by atoms with Gasteiger partial charge in [0.2, 0.25) is 0 Å². The van der Waals surface area contributed by atoms with E-state index < -0.39 is 5.54 Å². The number of nitrogens with zero attached hydrogens (tertiary/aromatic N) is 1. The summed E-state index contributed by atoms with van der Waals surface area (Å²) in [5.74, 6) is 0. The van der Waals surface area contributed by atoms with E-state index in [0.29, 0.717) is 0 Å². The van der Waals surface area contributed by atoms with Crippen molar-refractivity contribution in [3.63, 3.8) is 0 Å². The molecule has 1 fully saturated rings. The Hall–Kier alpha value is -1.55. The zero-order valence-electron chi connectivity index (χ0n) is 13.2. The number of hydrogen-bond donors (Lipinski definition) is 2. The first-order chi connectivity index (χ1) is 9.94. The summed E-state index contributed by atoms with van der Waals surface area (Å²) in [6.45, 7) is 6.83. The SMILES string of the molecule is Cc1ccc(C(C)(C)NC(=O)N2CCCC[C@H]2CO)cc1. The lowest BCUT2D eigenvalue weighted by Gasteiger charge is -2.37. The second kappa shape index (κ2) is 6.48. The molecule has 2 amide bonds. The maximum Gasteiger partial charge on any atom is 0.318 e. The van der Waals surface area contributed by atoms with Crippen LogP contribution < -0.4 is 5.32 Å². The van der Waals surface area contributed by atoms with Crippen molar-refractivity contribution in [2.75, 3.05) is 13.2 Å². The van der Waals surface area contributed by atoms with E-state index in [1.807, 2.05) is 13.8 Å². The maximum atomic E-state index is 12.5. The molecule has 1 aromatic rings. The van der Waals surface area contributed by atoms with Crippen molar-refractivity contribution in [1.82, 2.24) is 10.2 Å². The number of carbonyl (C=O) groups is 1. The standard InChI is InChI=1S/C17H26N2O2/c1-13-7-9-14(10-8-13)17(2,3)18-16(21)19-11-5-4-6-15(19)12-20/h7-10,15,20H,4-6,11-12H2,1-3H3,(H,18,21)/t15-/m0/s1. The number of urea groups is 1. The van der Waals surface area contributed by atoms with Crippen molar-refractivity contribution in [2.45, 2.75) is 51.6 Å². The molecule has 0 aliphatic carbocycles. The number of rotatable bonds is 3. The van der Waals surface area contributed by atoms with Crippen LogP contribution in [0.25, 0.3) is 0 Å². The number of likely N-dealkylation sites (tertiary alicyclic amines) is 1. The zero-order chi connectivity index (χ0) is 15.5. The molecular formula is C17H26N2O2. The summed E-state index contributed by atoms with van der Waals surface area (Å²) in [5, 5.41) is 12.5. The van der Waals surface area contributed by atoms with E-state index in [4.69, 9.17) is 0 Å². The fourth-order valence-electron chi connectivity index (χ4n) is 2.84. The van der Waals surface area contributed by atoms with Crippen molar-refractivity contribution in [2.24, 2.45) is 0 Å². The Balaban J connectivity index is 2.08. The Labute approximate surface area is 127 Å². The summed E-state index contributed by atoms with van der Waals surface area (Å²) in [6, 6.07) is 8.08. The molecule has 1 aliphatic heterocycles. The molecule has 1 atom stereocenters. The molecule has 1 aliphatic rings. The van der Waals surface area contributed by atoms with Crippen LogP contribution >= 0.6 is 0 Å². The van der Waals surface area contributed by atoms with Crippen LogP contribution in [0.2, 0.25) is 0 Å². The summed E-state index contributed by atoms with van der Waals surface area (Å²) in [7, 11) is 0. The number of aryl methyl sites for hydroxylation is 1. The average Bonchev–Trinajstić information content (AvgIpc) is 2.47. The third-order valence-electron chi connectivity index (χ3n) is 4.29. The molecule has 0 spiro atoms. The molecular weight excluding hydrogens is 264 g/mol. The van der Waals surface area contributed by atoms with E-state index in [-0.39, 0.29) is 18.7 Å². The molecule has 0 aromatic heterocycles. The zero-order valence-corrected chi connectivity index (χ0v) is 13.2. The first-order valence-corrected chi connectivity index (χ1v) is 7.71. The molecule has 4 heteroatoms. The van der Waals surface area contributed by atoms with Crippen LogP contribution in [0.15, 0.2) is 24.3 Å². The summed E-state index contributed by atoms with van der Waals surface area (Å²) in [6.07, 6.45) is 2.97. The highest BCUT2D eigenvalue weighted by molar-refractivity contribution is 5.75. The molecule has 116 valence electrons. The third kappa shape index (κ3) is 3.76. The molecule has 4 nitrogen and oxygen atoms in total. The number of piperidine rings is 1. The summed E-state index contributed by atoms with van der Waals surface area (Å²) >= 11 is 0. The largest absolute Gasteiger partial charge is 0.394 e. The highest BCUT2D eigenvalue weighted by atomic mass is 16.3. The number of amides is 2. The van der Waals surface area contributed by atoms with Crippen LogP contribution in [-0.4, -0.2) is 35.2 Å². The Morgan fingerprint density at radius 1 is 1.33 bits per heavy atom. The van der Waals surface area contributed by atoms with Crippen molar-refractivity contribution < 1.29 is 9.90 Å². The number of carbonyl (C=O) groups excluding carboxylic acids is 1. The molecule has 1 heterocycles. The summed E-state index contributed by atoms with van der Waals surface area (Å²) < 4.78 is 0. The lowest BCUT2D eigenvalue weighted by molar-refractivity contribution is 0.103. The Kier molecular flexibility index (Phi) is 4.88. The molecule has 0 saturated carbocycles. The van der Waals surface area contributed by atoms with Gasteiger partial charge in [0.1, 0.15) is 0 Å². The molecule has 1 aromatic carbocycles. The number of nitrogens with one attached hydrogen (secondary N) is 1. The van der Waals surface area contributed by atoms with E-state index in [0.717, 1.165) is 31.4 Å². The second-order valence-corrected chi connectivity index (χ2v) is 6.45. The van der Waals surface area contributed by atoms with Gasteiger partial charge in [0.05, 0.1) is 18.2 Å². The Morgan fingerprint density at radius 2 is 2.00 bits per heavy atom. The van der Waals surface area contributed by atoms with Gasteiger partial charge in [-0.1, -0.05) is 29.8 Å². The molecule has 0 bridgehead atoms. The predicted octanol–water partition coefficient (Wildman–Crippen LogP) is 2.79. The lowest BCUT2D eigenvalue weighted by atomic mass is 9.93. The summed E-state index contributed by atoms with van der Waals surface area (Å²) in [4.78, 5) is 14.3. The van der Waals surface area contributed by atoms with Crippen LogP contribution in [0.5, 0.6) is 0 Å². The topological polar surface area (TPSA) is 52.6 Å². The molecule has 21 heavy (non-hydrogen) atoms. The third-order valence-corrected chi connectivity index (χ3v) is 4.29. The van der Waals surface area contributed by atoms with Gasteiger partial charge in [-0.3, -0.25) is 0 Å². The van der Waals surface area contributed by atoms with Crippen molar-refractivity contribution >= 4 is 6.03 Å². The molecule has 2 rings (SSSR count). The fraction of sp³-hybridized carbons (Fsp3) is 0.588. The molecule has 0 radical (unpaired) electrons. The van der Waals surface area contributed by atoms with Gasteiger partial charge in [-0.25, -0.2) is 4.79 Å². The quantitative estimate of drug-likeness (QED) is 0.899. The van der Waals surface area contributed by atoms with E-state index >= 15 is 0 Å². The van der Waals surface area contributed by atoms with E-state index in [9.17, 15) is 9.90 Å². The van der Waals surface area contributed by atoms with Crippen LogP contribution in [0.1, 0.15) is 44.2 Å². The van der Waals surface area contributed by atoms with Crippen molar-refractivity contribution in [1.29, 1.82) is 0 Å². The van der Waals surface area contributed by atoms with Crippen molar-refractivity contribution in [3.05, 3.63) is 35.4 Å². The van der Waals surface area contributed by atoms with E-state index in [1.54, 1.807) is 4.90 Å². The minimum atomic E-state index is -0.428. The number of benzene rings is 1. The van der Waals surface area contributed by atoms with Crippen LogP contribution in [-0.2, 0) is 5.54 Å². The number of hydrogen-bond acceptors (Lipinski definition) is 2. The fourth-order valence-corrected chi connectivity index (χ4v) is 2.84. The minimum Gasteiger partial charge on any atom is -0.394 e. The highest BCUT2D eigenvalue weighted by Crippen LogP contribution is 2.23. The first-order valence-electron chi connectivity index (χ1n) is 7.71. The van der Waals surface area contributed by atoms with Gasteiger partial charge in [0.15, 0.2) is 0 Å². The molecule has 0 unspecified atom stereocenters. The highest BCUT2D eigenvalue weighted by Gasteiger charge is 2.30. The smallest absolute Gasteiger partial charge is 0.318 e. The van der Waals surface area contributed by atoms with Gasteiger partial charge in [0, 0.05) is 6.54 Å². The van der Waals surface area contributed by atoms with Gasteiger partial charge in [-0.2, -0.15) is 0 Å². The van der Waals surface area contributed by atoms with Gasteiger partial charge in [0.25, 0.3) is 0 Å². The Bertz CT molecular complexity index is 482. The van der Waals surface area contributed by atoms with Gasteiger partial charge < -0.3 is 15.3 Å². The normalized spacial score (nSPS) is 19.4. The van der Waals surface area contributed by atoms with Gasteiger partial charge in [-0.05, 0) is 45.6 Å². The van der Waals surface area contributed by atoms with Crippen molar-refractivity contribution in [3.8, 4) is 0 Å². The average molecular weight is 290 g/mol. The number of aliphatic hydroxyl groups is 1. The van der Waals surface area contributed by atoms with E-state index in [2.05, 4.69) is 36.5 Å². The van der Waals surface area contributed by atoms with Gasteiger partial charge in [-0.15, -0.1) is 0 Å². The van der Waals surface area contributed by atoms with Crippen LogP contribution in [0.4, 0.5) is 4.79 Å². The first kappa shape index (κ1) is 15.8. The predicted molar refractivity (Wildman–Crippen MR) is 84.2 cm³/mol. The maximum absolute atomic E-state index is 12.5.